The van der Waals surface area contributed by atoms with E-state index in [9.17, 15) is 17.6 Å². The van der Waals surface area contributed by atoms with Gasteiger partial charge in [-0.1, -0.05) is 17.7 Å². The van der Waals surface area contributed by atoms with Crippen molar-refractivity contribution < 1.29 is 22.3 Å². The lowest BCUT2D eigenvalue weighted by atomic mass is 10.1. The lowest BCUT2D eigenvalue weighted by Crippen LogP contribution is -2.40. The number of morpholine rings is 1. The molecule has 1 amide bonds. The van der Waals surface area contributed by atoms with Gasteiger partial charge in [0.05, 0.1) is 29.7 Å². The highest BCUT2D eigenvalue weighted by Crippen LogP contribution is 2.33. The highest BCUT2D eigenvalue weighted by Gasteiger charge is 2.29. The van der Waals surface area contributed by atoms with Gasteiger partial charge in [0.15, 0.2) is 0 Å². The van der Waals surface area contributed by atoms with E-state index in [1.165, 1.54) is 10.4 Å². The van der Waals surface area contributed by atoms with Crippen molar-refractivity contribution in [3.8, 4) is 0 Å². The van der Waals surface area contributed by atoms with Crippen LogP contribution in [0.15, 0.2) is 41.3 Å². The SMILES string of the molecule is O=C(NC1CCc2cc(Cl)ccc21)c1cc(S(=O)(=O)N2CCOCC2)ccc1F. The Morgan fingerprint density at radius 2 is 1.93 bits per heavy atom. The van der Waals surface area contributed by atoms with E-state index >= 15 is 0 Å². The van der Waals surface area contributed by atoms with Crippen LogP contribution >= 0.6 is 11.6 Å². The number of hydrogen-bond acceptors (Lipinski definition) is 4. The van der Waals surface area contributed by atoms with Gasteiger partial charge in [0.25, 0.3) is 5.91 Å². The molecule has 1 N–H and O–H groups in total. The fourth-order valence-corrected chi connectivity index (χ4v) is 5.38. The molecule has 1 atom stereocenters. The number of amides is 1. The maximum absolute atomic E-state index is 14.4. The number of benzene rings is 2. The maximum atomic E-state index is 14.4. The van der Waals surface area contributed by atoms with E-state index < -0.39 is 21.7 Å². The molecular weight excluding hydrogens is 419 g/mol. The van der Waals surface area contributed by atoms with Crippen LogP contribution in [0.1, 0.15) is 33.9 Å². The predicted octanol–water partition coefficient (Wildman–Crippen LogP) is 2.92. The average molecular weight is 439 g/mol. The van der Waals surface area contributed by atoms with Crippen LogP contribution in [0.2, 0.25) is 5.02 Å². The second-order valence-corrected chi connectivity index (χ2v) is 9.44. The number of nitrogens with one attached hydrogen (secondary N) is 1. The highest BCUT2D eigenvalue weighted by atomic mass is 35.5. The van der Waals surface area contributed by atoms with Crippen molar-refractivity contribution >= 4 is 27.5 Å². The Kier molecular flexibility index (Phi) is 5.61. The molecule has 154 valence electrons. The molecule has 9 heteroatoms. The van der Waals surface area contributed by atoms with Gasteiger partial charge in [0.1, 0.15) is 5.82 Å². The number of carbonyl (C=O) groups excluding carboxylic acids is 1. The summed E-state index contributed by atoms with van der Waals surface area (Å²) < 4.78 is 46.5. The molecule has 1 aliphatic carbocycles. The summed E-state index contributed by atoms with van der Waals surface area (Å²) in [5, 5.41) is 3.45. The van der Waals surface area contributed by atoms with E-state index in [1.54, 1.807) is 6.07 Å². The van der Waals surface area contributed by atoms with Crippen molar-refractivity contribution in [2.24, 2.45) is 0 Å². The Hall–Kier alpha value is -2.00. The summed E-state index contributed by atoms with van der Waals surface area (Å²) in [4.78, 5) is 12.6. The number of ether oxygens (including phenoxy) is 1. The number of hydrogen-bond donors (Lipinski definition) is 1. The standard InChI is InChI=1S/C20H20ClFN2O4S/c21-14-2-4-16-13(11-14)1-6-19(16)23-20(25)17-12-15(3-5-18(17)22)29(26,27)24-7-9-28-10-8-24/h2-5,11-12,19H,1,6-10H2,(H,23,25). The summed E-state index contributed by atoms with van der Waals surface area (Å²) >= 11 is 6.01. The Morgan fingerprint density at radius 3 is 2.69 bits per heavy atom. The molecule has 0 saturated carbocycles. The van der Waals surface area contributed by atoms with E-state index in [0.29, 0.717) is 24.7 Å². The molecule has 0 bridgehead atoms. The van der Waals surface area contributed by atoms with Gasteiger partial charge in [-0.05, 0) is 54.3 Å². The maximum Gasteiger partial charge on any atom is 0.254 e. The van der Waals surface area contributed by atoms with Gasteiger partial charge in [0, 0.05) is 18.1 Å². The molecule has 2 aromatic carbocycles. The Labute approximate surface area is 173 Å². The minimum absolute atomic E-state index is 0.107. The van der Waals surface area contributed by atoms with E-state index in [0.717, 1.165) is 29.7 Å². The molecule has 0 radical (unpaired) electrons. The number of nitrogens with zero attached hydrogens (tertiary/aromatic N) is 1. The zero-order chi connectivity index (χ0) is 20.6. The van der Waals surface area contributed by atoms with Crippen molar-refractivity contribution in [1.82, 2.24) is 9.62 Å². The van der Waals surface area contributed by atoms with E-state index in [2.05, 4.69) is 5.32 Å². The molecule has 0 spiro atoms. The number of fused-ring (bicyclic) bond motifs is 1. The van der Waals surface area contributed by atoms with Crippen LogP contribution in [-0.4, -0.2) is 44.9 Å². The first-order valence-electron chi connectivity index (χ1n) is 9.33. The average Bonchev–Trinajstić information content (AvgIpc) is 3.10. The van der Waals surface area contributed by atoms with Gasteiger partial charge in [-0.15, -0.1) is 0 Å². The molecule has 1 heterocycles. The van der Waals surface area contributed by atoms with Crippen LogP contribution < -0.4 is 5.32 Å². The molecular formula is C20H20ClFN2O4S. The third-order valence-electron chi connectivity index (χ3n) is 5.28. The van der Waals surface area contributed by atoms with Crippen molar-refractivity contribution in [3.05, 3.63) is 63.9 Å². The van der Waals surface area contributed by atoms with Crippen LogP contribution in [0, 0.1) is 5.82 Å². The predicted molar refractivity (Wildman–Crippen MR) is 106 cm³/mol. The molecule has 0 aromatic heterocycles. The third kappa shape index (κ3) is 4.02. The summed E-state index contributed by atoms with van der Waals surface area (Å²) in [5.41, 5.74) is 1.70. The number of aryl methyl sites for hydroxylation is 1. The van der Waals surface area contributed by atoms with Crippen molar-refractivity contribution in [2.45, 2.75) is 23.8 Å². The van der Waals surface area contributed by atoms with Gasteiger partial charge in [-0.25, -0.2) is 12.8 Å². The van der Waals surface area contributed by atoms with E-state index in [-0.39, 0.29) is 29.6 Å². The van der Waals surface area contributed by atoms with Gasteiger partial charge in [-0.3, -0.25) is 4.79 Å². The first kappa shape index (κ1) is 20.3. The summed E-state index contributed by atoms with van der Waals surface area (Å²) in [5.74, 6) is -1.41. The smallest absolute Gasteiger partial charge is 0.254 e. The molecule has 1 saturated heterocycles. The second-order valence-electron chi connectivity index (χ2n) is 7.07. The first-order valence-corrected chi connectivity index (χ1v) is 11.1. The number of carbonyl (C=O) groups is 1. The Bertz CT molecular complexity index is 1050. The van der Waals surface area contributed by atoms with Crippen LogP contribution in [0.3, 0.4) is 0 Å². The largest absolute Gasteiger partial charge is 0.379 e. The third-order valence-corrected chi connectivity index (χ3v) is 7.41. The normalized spacial score (nSPS) is 19.7. The number of halogens is 2. The quantitative estimate of drug-likeness (QED) is 0.796. The van der Waals surface area contributed by atoms with Crippen LogP contribution in [0.5, 0.6) is 0 Å². The van der Waals surface area contributed by atoms with Gasteiger partial charge < -0.3 is 10.1 Å². The summed E-state index contributed by atoms with van der Waals surface area (Å²) in [6.45, 7) is 1.06. The van der Waals surface area contributed by atoms with E-state index in [1.807, 2.05) is 12.1 Å². The fraction of sp³-hybridized carbons (Fsp3) is 0.350. The topological polar surface area (TPSA) is 75.7 Å². The molecule has 6 nitrogen and oxygen atoms in total. The molecule has 1 unspecified atom stereocenters. The van der Waals surface area contributed by atoms with Crippen LogP contribution in [0.25, 0.3) is 0 Å². The summed E-state index contributed by atoms with van der Waals surface area (Å²) in [7, 11) is -3.82. The van der Waals surface area contributed by atoms with E-state index in [4.69, 9.17) is 16.3 Å². The molecule has 2 aliphatic rings. The molecule has 1 aliphatic heterocycles. The Morgan fingerprint density at radius 1 is 1.17 bits per heavy atom. The van der Waals surface area contributed by atoms with Gasteiger partial charge in [0.2, 0.25) is 10.0 Å². The van der Waals surface area contributed by atoms with Crippen LogP contribution in [0.4, 0.5) is 4.39 Å². The summed E-state index contributed by atoms with van der Waals surface area (Å²) in [6.07, 6.45) is 1.43. The zero-order valence-corrected chi connectivity index (χ0v) is 17.1. The minimum Gasteiger partial charge on any atom is -0.379 e. The van der Waals surface area contributed by atoms with Crippen LogP contribution in [-0.2, 0) is 21.2 Å². The monoisotopic (exact) mass is 438 g/mol. The molecule has 29 heavy (non-hydrogen) atoms. The Balaban J connectivity index is 1.57. The van der Waals surface area contributed by atoms with Gasteiger partial charge >= 0.3 is 0 Å². The van der Waals surface area contributed by atoms with Crippen molar-refractivity contribution in [1.29, 1.82) is 0 Å². The highest BCUT2D eigenvalue weighted by molar-refractivity contribution is 7.89. The lowest BCUT2D eigenvalue weighted by Gasteiger charge is -2.26. The minimum atomic E-state index is -3.82. The van der Waals surface area contributed by atoms with Crippen molar-refractivity contribution in [3.63, 3.8) is 0 Å². The van der Waals surface area contributed by atoms with Gasteiger partial charge in [-0.2, -0.15) is 4.31 Å². The van der Waals surface area contributed by atoms with Crippen molar-refractivity contribution in [2.75, 3.05) is 26.3 Å². The first-order chi connectivity index (χ1) is 13.9. The number of rotatable bonds is 4. The zero-order valence-electron chi connectivity index (χ0n) is 15.5. The lowest BCUT2D eigenvalue weighted by molar-refractivity contribution is 0.0730. The number of sulfonamides is 1. The molecule has 2 aromatic rings. The fourth-order valence-electron chi connectivity index (χ4n) is 3.75. The summed E-state index contributed by atoms with van der Waals surface area (Å²) in [6, 6.07) is 8.50. The molecule has 4 rings (SSSR count). The molecule has 1 fully saturated rings. The second kappa shape index (κ2) is 8.02.